The fourth-order valence-corrected chi connectivity index (χ4v) is 5.27. The fraction of sp³-hybridized carbons (Fsp3) is 0.316. The Morgan fingerprint density at radius 1 is 1.23 bits per heavy atom. The van der Waals surface area contributed by atoms with Gasteiger partial charge < -0.3 is 4.90 Å². The highest BCUT2D eigenvalue weighted by molar-refractivity contribution is 9.10. The van der Waals surface area contributed by atoms with Gasteiger partial charge in [-0.25, -0.2) is 8.42 Å². The van der Waals surface area contributed by atoms with E-state index in [0.717, 1.165) is 11.1 Å². The second-order valence-corrected chi connectivity index (χ2v) is 9.24. The van der Waals surface area contributed by atoms with Crippen molar-refractivity contribution in [3.8, 4) is 0 Å². The van der Waals surface area contributed by atoms with Crippen molar-refractivity contribution in [2.45, 2.75) is 31.2 Å². The van der Waals surface area contributed by atoms with Crippen LogP contribution in [0.25, 0.3) is 0 Å². The first-order valence-corrected chi connectivity index (χ1v) is 10.7. The molecule has 1 amide bonds. The van der Waals surface area contributed by atoms with Gasteiger partial charge in [-0.2, -0.15) is 4.31 Å². The number of fused-ring (bicyclic) bond motifs is 1. The molecule has 1 heterocycles. The maximum Gasteiger partial charge on any atom is 0.245 e. The molecular weight excluding hydrogens is 416 g/mol. The molecule has 2 aromatic rings. The molecule has 2 aromatic carbocycles. The predicted octanol–water partition coefficient (Wildman–Crippen LogP) is 3.57. The molecule has 0 atom stereocenters. The summed E-state index contributed by atoms with van der Waals surface area (Å²) in [7, 11) is -2.18. The summed E-state index contributed by atoms with van der Waals surface area (Å²) in [4.78, 5) is 14.1. The molecule has 0 N–H and O–H groups in total. The first-order chi connectivity index (χ1) is 12.3. The van der Waals surface area contributed by atoms with Crippen LogP contribution >= 0.6 is 15.9 Å². The van der Waals surface area contributed by atoms with Gasteiger partial charge in [0.1, 0.15) is 4.90 Å². The number of rotatable bonds is 5. The van der Waals surface area contributed by atoms with Crippen LogP contribution in [0.15, 0.2) is 51.8 Å². The van der Waals surface area contributed by atoms with E-state index in [4.69, 9.17) is 0 Å². The van der Waals surface area contributed by atoms with Gasteiger partial charge >= 0.3 is 0 Å². The Bertz CT molecular complexity index is 929. The molecule has 1 aliphatic rings. The number of benzene rings is 2. The third kappa shape index (κ3) is 3.56. The Morgan fingerprint density at radius 2 is 1.92 bits per heavy atom. The smallest absolute Gasteiger partial charge is 0.245 e. The minimum absolute atomic E-state index is 0.0618. The Balaban J connectivity index is 2.04. The van der Waals surface area contributed by atoms with Gasteiger partial charge in [-0.1, -0.05) is 53.2 Å². The second-order valence-electron chi connectivity index (χ2n) is 6.31. The van der Waals surface area contributed by atoms with Gasteiger partial charge in [0.15, 0.2) is 0 Å². The van der Waals surface area contributed by atoms with E-state index < -0.39 is 10.0 Å². The van der Waals surface area contributed by atoms with Crippen molar-refractivity contribution in [2.75, 3.05) is 18.5 Å². The van der Waals surface area contributed by atoms with E-state index in [0.29, 0.717) is 29.5 Å². The molecular formula is C19H21BrN2O3S. The predicted molar refractivity (Wildman–Crippen MR) is 106 cm³/mol. The van der Waals surface area contributed by atoms with Crippen LogP contribution in [-0.4, -0.2) is 32.2 Å². The van der Waals surface area contributed by atoms with Gasteiger partial charge in [-0.15, -0.1) is 0 Å². The maximum absolute atomic E-state index is 13.3. The fourth-order valence-electron chi connectivity index (χ4n) is 3.20. The number of halogens is 1. The highest BCUT2D eigenvalue weighted by Gasteiger charge is 2.33. The number of nitrogens with zero attached hydrogens (tertiary/aromatic N) is 2. The van der Waals surface area contributed by atoms with Gasteiger partial charge in [0.25, 0.3) is 0 Å². The van der Waals surface area contributed by atoms with E-state index in [1.165, 1.54) is 4.31 Å². The molecule has 0 aromatic heterocycles. The molecule has 26 heavy (non-hydrogen) atoms. The van der Waals surface area contributed by atoms with Crippen LogP contribution in [0.1, 0.15) is 24.5 Å². The number of hydrogen-bond donors (Lipinski definition) is 0. The number of amides is 1. The molecule has 0 unspecified atom stereocenters. The largest absolute Gasteiger partial charge is 0.310 e. The quantitative estimate of drug-likeness (QED) is 0.719. The van der Waals surface area contributed by atoms with Gasteiger partial charge in [0.2, 0.25) is 15.9 Å². The molecule has 3 rings (SSSR count). The molecule has 0 spiro atoms. The summed E-state index contributed by atoms with van der Waals surface area (Å²) in [5, 5.41) is 0. The number of sulfonamides is 1. The van der Waals surface area contributed by atoms with Crippen LogP contribution in [-0.2, 0) is 27.8 Å². The summed E-state index contributed by atoms with van der Waals surface area (Å²) < 4.78 is 28.6. The molecule has 0 saturated carbocycles. The molecule has 5 nitrogen and oxygen atoms in total. The number of carbonyl (C=O) groups excluding carboxylic acids is 1. The van der Waals surface area contributed by atoms with Crippen molar-refractivity contribution < 1.29 is 13.2 Å². The summed E-state index contributed by atoms with van der Waals surface area (Å²) in [5.41, 5.74) is 2.32. The van der Waals surface area contributed by atoms with Crippen LogP contribution in [0.3, 0.4) is 0 Å². The average molecular weight is 437 g/mol. The molecule has 7 heteroatoms. The van der Waals surface area contributed by atoms with Crippen molar-refractivity contribution in [3.63, 3.8) is 0 Å². The van der Waals surface area contributed by atoms with Crippen LogP contribution < -0.4 is 4.90 Å². The zero-order chi connectivity index (χ0) is 18.9. The molecule has 138 valence electrons. The highest BCUT2D eigenvalue weighted by atomic mass is 79.9. The Kier molecular flexibility index (Phi) is 5.50. The number of hydrogen-bond acceptors (Lipinski definition) is 3. The molecule has 0 bridgehead atoms. The van der Waals surface area contributed by atoms with Crippen molar-refractivity contribution in [2.24, 2.45) is 0 Å². The summed E-state index contributed by atoms with van der Waals surface area (Å²) in [5.74, 6) is -0.0618. The average Bonchev–Trinajstić information content (AvgIpc) is 3.04. The second kappa shape index (κ2) is 7.50. The lowest BCUT2D eigenvalue weighted by molar-refractivity contribution is -0.118. The van der Waals surface area contributed by atoms with Crippen molar-refractivity contribution in [1.82, 2.24) is 4.31 Å². The Hall–Kier alpha value is -1.70. The minimum atomic E-state index is -3.75. The zero-order valence-corrected chi connectivity index (χ0v) is 17.2. The Morgan fingerprint density at radius 3 is 2.58 bits per heavy atom. The molecule has 0 aliphatic carbocycles. The van der Waals surface area contributed by atoms with Crippen molar-refractivity contribution >= 4 is 37.5 Å². The molecule has 0 saturated heterocycles. The standard InChI is InChI=1S/C19H21BrN2O3S/c1-3-18(23)22-10-9-15-11-16(20)12-17(19(15)22)26(24,25)21(2)13-14-7-5-4-6-8-14/h4-8,11-12H,3,9-10,13H2,1-2H3. The van der Waals surface area contributed by atoms with E-state index in [1.807, 2.05) is 36.4 Å². The molecule has 0 fully saturated rings. The number of carbonyl (C=O) groups is 1. The van der Waals surface area contributed by atoms with E-state index in [1.54, 1.807) is 24.9 Å². The molecule has 0 radical (unpaired) electrons. The van der Waals surface area contributed by atoms with Gasteiger partial charge in [-0.3, -0.25) is 4.79 Å². The summed E-state index contributed by atoms with van der Waals surface area (Å²) >= 11 is 3.41. The van der Waals surface area contributed by atoms with Crippen LogP contribution in [0.5, 0.6) is 0 Å². The van der Waals surface area contributed by atoms with E-state index in [-0.39, 0.29) is 17.3 Å². The normalized spacial score (nSPS) is 13.9. The lowest BCUT2D eigenvalue weighted by Crippen LogP contribution is -2.32. The minimum Gasteiger partial charge on any atom is -0.310 e. The highest BCUT2D eigenvalue weighted by Crippen LogP contribution is 2.39. The van der Waals surface area contributed by atoms with Crippen LogP contribution in [0.2, 0.25) is 0 Å². The summed E-state index contributed by atoms with van der Waals surface area (Å²) in [6.07, 6.45) is 1.00. The zero-order valence-electron chi connectivity index (χ0n) is 14.8. The number of anilines is 1. The molecule has 1 aliphatic heterocycles. The summed E-state index contributed by atoms with van der Waals surface area (Å²) in [6.45, 7) is 2.57. The third-order valence-corrected chi connectivity index (χ3v) is 6.81. The van der Waals surface area contributed by atoms with E-state index in [2.05, 4.69) is 15.9 Å². The third-order valence-electron chi connectivity index (χ3n) is 4.53. The van der Waals surface area contributed by atoms with Crippen LogP contribution in [0, 0.1) is 0 Å². The van der Waals surface area contributed by atoms with E-state index in [9.17, 15) is 13.2 Å². The first kappa shape index (κ1) is 19.1. The lowest BCUT2D eigenvalue weighted by atomic mass is 10.2. The van der Waals surface area contributed by atoms with E-state index >= 15 is 0 Å². The Labute approximate surface area is 162 Å². The lowest BCUT2D eigenvalue weighted by Gasteiger charge is -2.23. The first-order valence-electron chi connectivity index (χ1n) is 8.47. The topological polar surface area (TPSA) is 57.7 Å². The van der Waals surface area contributed by atoms with Gasteiger partial charge in [0.05, 0.1) is 5.69 Å². The SMILES string of the molecule is CCC(=O)N1CCc2cc(Br)cc(S(=O)(=O)N(C)Cc3ccccc3)c21. The maximum atomic E-state index is 13.3. The summed E-state index contributed by atoms with van der Waals surface area (Å²) in [6, 6.07) is 12.9. The monoisotopic (exact) mass is 436 g/mol. The van der Waals surface area contributed by atoms with Crippen LogP contribution in [0.4, 0.5) is 5.69 Å². The van der Waals surface area contributed by atoms with Gasteiger partial charge in [-0.05, 0) is 29.7 Å². The van der Waals surface area contributed by atoms with Gasteiger partial charge in [0, 0.05) is 31.0 Å². The van der Waals surface area contributed by atoms with Crippen molar-refractivity contribution in [3.05, 3.63) is 58.1 Å². The van der Waals surface area contributed by atoms with Crippen molar-refractivity contribution in [1.29, 1.82) is 0 Å².